The largest absolute Gasteiger partial charge is 0.376 e. The minimum Gasteiger partial charge on any atom is -0.376 e. The second kappa shape index (κ2) is 7.22. The van der Waals surface area contributed by atoms with Crippen molar-refractivity contribution in [2.45, 2.75) is 23.8 Å². The lowest BCUT2D eigenvalue weighted by molar-refractivity contribution is -0.120. The molecule has 6 nitrogen and oxygen atoms in total. The average Bonchev–Trinajstić information content (AvgIpc) is 2.96. The van der Waals surface area contributed by atoms with Crippen molar-refractivity contribution in [3.05, 3.63) is 29.3 Å². The van der Waals surface area contributed by atoms with Gasteiger partial charge in [-0.2, -0.15) is 0 Å². The van der Waals surface area contributed by atoms with Crippen molar-refractivity contribution in [3.8, 4) is 0 Å². The zero-order valence-corrected chi connectivity index (χ0v) is 12.9. The van der Waals surface area contributed by atoms with Gasteiger partial charge in [0.05, 0.1) is 17.7 Å². The molecule has 21 heavy (non-hydrogen) atoms. The molecule has 1 amide bonds. The summed E-state index contributed by atoms with van der Waals surface area (Å²) in [6, 6.07) is 6.07. The maximum Gasteiger partial charge on any atom is 0.242 e. The van der Waals surface area contributed by atoms with Gasteiger partial charge in [-0.1, -0.05) is 23.7 Å². The summed E-state index contributed by atoms with van der Waals surface area (Å²) in [4.78, 5) is 11.6. The molecule has 1 aromatic carbocycles. The molecule has 2 rings (SSSR count). The molecule has 1 heterocycles. The van der Waals surface area contributed by atoms with E-state index in [-0.39, 0.29) is 22.6 Å². The summed E-state index contributed by atoms with van der Waals surface area (Å²) in [6.45, 7) is 0.770. The van der Waals surface area contributed by atoms with Crippen LogP contribution in [0.2, 0.25) is 5.02 Å². The third-order valence-corrected chi connectivity index (χ3v) is 5.00. The summed E-state index contributed by atoms with van der Waals surface area (Å²) in [6.07, 6.45) is 1.92. The first-order valence-electron chi connectivity index (χ1n) is 6.61. The van der Waals surface area contributed by atoms with Crippen molar-refractivity contribution in [2.24, 2.45) is 0 Å². The second-order valence-corrected chi connectivity index (χ2v) is 6.84. The van der Waals surface area contributed by atoms with Crippen LogP contribution in [0.3, 0.4) is 0 Å². The number of halogens is 1. The summed E-state index contributed by atoms with van der Waals surface area (Å²) in [5.74, 6) is -0.402. The Morgan fingerprint density at radius 1 is 1.38 bits per heavy atom. The second-order valence-electron chi connectivity index (χ2n) is 4.69. The van der Waals surface area contributed by atoms with Gasteiger partial charge in [0.1, 0.15) is 4.90 Å². The number of sulfonamides is 1. The van der Waals surface area contributed by atoms with E-state index in [1.807, 2.05) is 0 Å². The summed E-state index contributed by atoms with van der Waals surface area (Å²) in [7, 11) is -3.80. The van der Waals surface area contributed by atoms with E-state index < -0.39 is 15.9 Å². The summed E-state index contributed by atoms with van der Waals surface area (Å²) < 4.78 is 31.6. The van der Waals surface area contributed by atoms with E-state index in [2.05, 4.69) is 10.0 Å². The highest BCUT2D eigenvalue weighted by molar-refractivity contribution is 7.89. The molecule has 1 aliphatic rings. The van der Waals surface area contributed by atoms with Gasteiger partial charge in [-0.3, -0.25) is 4.79 Å². The number of rotatable bonds is 6. The van der Waals surface area contributed by atoms with Crippen molar-refractivity contribution >= 4 is 27.5 Å². The first kappa shape index (κ1) is 16.2. The molecular weight excluding hydrogens is 316 g/mol. The predicted molar refractivity (Wildman–Crippen MR) is 78.6 cm³/mol. The number of benzene rings is 1. The molecule has 1 unspecified atom stereocenters. The van der Waals surface area contributed by atoms with E-state index >= 15 is 0 Å². The topological polar surface area (TPSA) is 84.5 Å². The van der Waals surface area contributed by atoms with Gasteiger partial charge in [-0.25, -0.2) is 13.1 Å². The van der Waals surface area contributed by atoms with Gasteiger partial charge in [0, 0.05) is 13.2 Å². The van der Waals surface area contributed by atoms with Crippen molar-refractivity contribution < 1.29 is 17.9 Å². The molecule has 0 spiro atoms. The number of amides is 1. The highest BCUT2D eigenvalue weighted by atomic mass is 35.5. The van der Waals surface area contributed by atoms with Crippen molar-refractivity contribution in [1.82, 2.24) is 10.0 Å². The van der Waals surface area contributed by atoms with Gasteiger partial charge >= 0.3 is 0 Å². The number of hydrogen-bond donors (Lipinski definition) is 2. The van der Waals surface area contributed by atoms with Crippen LogP contribution >= 0.6 is 11.6 Å². The van der Waals surface area contributed by atoms with Crippen LogP contribution in [0, 0.1) is 0 Å². The molecule has 1 saturated heterocycles. The fraction of sp³-hybridized carbons (Fsp3) is 0.462. The minimum atomic E-state index is -3.80. The smallest absolute Gasteiger partial charge is 0.242 e. The van der Waals surface area contributed by atoms with Crippen molar-refractivity contribution in [3.63, 3.8) is 0 Å². The molecule has 0 bridgehead atoms. The van der Waals surface area contributed by atoms with E-state index in [1.165, 1.54) is 12.1 Å². The normalized spacial score (nSPS) is 18.6. The van der Waals surface area contributed by atoms with Crippen LogP contribution in [-0.2, 0) is 19.6 Å². The predicted octanol–water partition coefficient (Wildman–Crippen LogP) is 0.913. The zero-order valence-electron chi connectivity index (χ0n) is 11.3. The third kappa shape index (κ3) is 4.67. The van der Waals surface area contributed by atoms with Gasteiger partial charge in [0.15, 0.2) is 0 Å². The molecule has 0 aliphatic carbocycles. The van der Waals surface area contributed by atoms with Crippen LogP contribution in [0.15, 0.2) is 29.2 Å². The Bertz CT molecular complexity index is 600. The monoisotopic (exact) mass is 332 g/mol. The molecule has 1 aromatic rings. The van der Waals surface area contributed by atoms with Crippen LogP contribution in [0.5, 0.6) is 0 Å². The van der Waals surface area contributed by atoms with Gasteiger partial charge in [-0.05, 0) is 25.0 Å². The van der Waals surface area contributed by atoms with Gasteiger partial charge in [0.25, 0.3) is 0 Å². The molecule has 2 N–H and O–H groups in total. The number of carbonyl (C=O) groups is 1. The average molecular weight is 333 g/mol. The van der Waals surface area contributed by atoms with Crippen molar-refractivity contribution in [1.29, 1.82) is 0 Å². The molecular formula is C13H17ClN2O4S. The summed E-state index contributed by atoms with van der Waals surface area (Å²) >= 11 is 5.84. The first-order chi connectivity index (χ1) is 9.99. The van der Waals surface area contributed by atoms with Gasteiger partial charge in [0.2, 0.25) is 15.9 Å². The summed E-state index contributed by atoms with van der Waals surface area (Å²) in [5.41, 5.74) is 0. The van der Waals surface area contributed by atoms with E-state index in [0.29, 0.717) is 13.2 Å². The molecule has 8 heteroatoms. The Hall–Kier alpha value is -1.15. The Morgan fingerprint density at radius 2 is 2.14 bits per heavy atom. The third-order valence-electron chi connectivity index (χ3n) is 3.10. The Kier molecular flexibility index (Phi) is 5.58. The molecule has 0 aromatic heterocycles. The number of nitrogens with one attached hydrogen (secondary N) is 2. The Balaban J connectivity index is 1.84. The van der Waals surface area contributed by atoms with Gasteiger partial charge in [-0.15, -0.1) is 0 Å². The van der Waals surface area contributed by atoms with Crippen molar-refractivity contribution in [2.75, 3.05) is 19.7 Å². The number of carbonyl (C=O) groups excluding carboxylic acids is 1. The lowest BCUT2D eigenvalue weighted by Crippen LogP contribution is -2.39. The molecule has 1 aliphatic heterocycles. The van der Waals surface area contributed by atoms with Crippen LogP contribution in [0.4, 0.5) is 0 Å². The Labute approximate surface area is 128 Å². The molecule has 0 saturated carbocycles. The number of hydrogen-bond acceptors (Lipinski definition) is 4. The van der Waals surface area contributed by atoms with E-state index in [9.17, 15) is 13.2 Å². The number of ether oxygens (including phenoxy) is 1. The van der Waals surface area contributed by atoms with Crippen LogP contribution in [-0.4, -0.2) is 40.1 Å². The highest BCUT2D eigenvalue weighted by Crippen LogP contribution is 2.19. The highest BCUT2D eigenvalue weighted by Gasteiger charge is 2.19. The molecule has 1 fully saturated rings. The van der Waals surface area contributed by atoms with E-state index in [4.69, 9.17) is 16.3 Å². The zero-order chi connectivity index (χ0) is 15.3. The maximum atomic E-state index is 12.0. The SMILES string of the molecule is O=C(CNS(=O)(=O)c1ccccc1Cl)NCC1CCCO1. The minimum absolute atomic E-state index is 0.0223. The Morgan fingerprint density at radius 3 is 2.81 bits per heavy atom. The van der Waals surface area contributed by atoms with E-state index in [0.717, 1.165) is 12.8 Å². The van der Waals surface area contributed by atoms with Crippen LogP contribution in [0.25, 0.3) is 0 Å². The lowest BCUT2D eigenvalue weighted by Gasteiger charge is -2.11. The molecule has 1 atom stereocenters. The van der Waals surface area contributed by atoms with Gasteiger partial charge < -0.3 is 10.1 Å². The van der Waals surface area contributed by atoms with Crippen LogP contribution in [0.1, 0.15) is 12.8 Å². The molecule has 116 valence electrons. The standard InChI is InChI=1S/C13H17ClN2O4S/c14-11-5-1-2-6-12(11)21(18,19)16-9-13(17)15-8-10-4-3-7-20-10/h1-2,5-6,10,16H,3-4,7-9H2,(H,15,17). The maximum absolute atomic E-state index is 12.0. The fourth-order valence-electron chi connectivity index (χ4n) is 2.00. The fourth-order valence-corrected chi connectivity index (χ4v) is 3.50. The summed E-state index contributed by atoms with van der Waals surface area (Å²) in [5, 5.41) is 2.75. The van der Waals surface area contributed by atoms with Crippen LogP contribution < -0.4 is 10.0 Å². The molecule has 0 radical (unpaired) electrons. The van der Waals surface area contributed by atoms with E-state index in [1.54, 1.807) is 12.1 Å². The lowest BCUT2D eigenvalue weighted by atomic mass is 10.2. The quantitative estimate of drug-likeness (QED) is 0.811. The first-order valence-corrected chi connectivity index (χ1v) is 8.47.